The lowest BCUT2D eigenvalue weighted by Gasteiger charge is -2.28. The second kappa shape index (κ2) is 8.16. The van der Waals surface area contributed by atoms with Gasteiger partial charge in [0.05, 0.1) is 5.69 Å². The lowest BCUT2D eigenvalue weighted by Crippen LogP contribution is -2.30. The Morgan fingerprint density at radius 2 is 1.57 bits per heavy atom. The third kappa shape index (κ3) is 4.96. The van der Waals surface area contributed by atoms with Gasteiger partial charge < -0.3 is 10.4 Å². The molecule has 0 saturated heterocycles. The van der Waals surface area contributed by atoms with E-state index in [1.54, 1.807) is 11.3 Å². The highest BCUT2D eigenvalue weighted by atomic mass is 32.1. The molecule has 1 aliphatic carbocycles. The Morgan fingerprint density at radius 1 is 1.00 bits per heavy atom. The van der Waals surface area contributed by atoms with Crippen LogP contribution in [-0.4, -0.2) is 16.1 Å². The van der Waals surface area contributed by atoms with Gasteiger partial charge in [-0.2, -0.15) is 0 Å². The minimum atomic E-state index is -0.124. The Morgan fingerprint density at radius 3 is 2.11 bits per heavy atom. The van der Waals surface area contributed by atoms with Crippen molar-refractivity contribution in [3.8, 4) is 17.0 Å². The molecule has 1 saturated carbocycles. The quantitative estimate of drug-likeness (QED) is 0.613. The second-order valence-corrected chi connectivity index (χ2v) is 11.2. The molecule has 1 aromatic carbocycles. The van der Waals surface area contributed by atoms with Crippen molar-refractivity contribution in [1.29, 1.82) is 0 Å². The molecule has 1 fully saturated rings. The molecule has 0 spiro atoms. The molecular weight excluding hydrogens is 364 g/mol. The van der Waals surface area contributed by atoms with Crippen LogP contribution in [0.5, 0.6) is 5.75 Å². The zero-order chi connectivity index (χ0) is 20.5. The smallest absolute Gasteiger partial charge is 0.123 e. The van der Waals surface area contributed by atoms with Crippen LogP contribution in [0.1, 0.15) is 89.8 Å². The minimum Gasteiger partial charge on any atom is -0.507 e. The van der Waals surface area contributed by atoms with Crippen molar-refractivity contribution in [3.05, 3.63) is 33.6 Å². The first-order valence-corrected chi connectivity index (χ1v) is 11.5. The van der Waals surface area contributed by atoms with Gasteiger partial charge in [0.1, 0.15) is 10.8 Å². The molecule has 0 bridgehead atoms. The van der Waals surface area contributed by atoms with Gasteiger partial charge in [-0.3, -0.25) is 0 Å². The van der Waals surface area contributed by atoms with Crippen LogP contribution in [0.2, 0.25) is 0 Å². The average Bonchev–Trinajstić information content (AvgIpc) is 3.08. The molecule has 1 aromatic heterocycles. The number of thiazole rings is 1. The van der Waals surface area contributed by atoms with Crippen LogP contribution in [-0.2, 0) is 17.4 Å². The normalized spacial score (nSPS) is 16.5. The van der Waals surface area contributed by atoms with E-state index >= 15 is 0 Å². The Bertz CT molecular complexity index is 770. The molecule has 0 radical (unpaired) electrons. The number of rotatable bonds is 4. The molecule has 154 valence electrons. The molecule has 2 N–H and O–H groups in total. The Kier molecular flexibility index (Phi) is 6.21. The van der Waals surface area contributed by atoms with E-state index in [4.69, 9.17) is 4.98 Å². The van der Waals surface area contributed by atoms with Crippen molar-refractivity contribution in [3.63, 3.8) is 0 Å². The van der Waals surface area contributed by atoms with Crippen LogP contribution in [0.25, 0.3) is 11.3 Å². The van der Waals surface area contributed by atoms with Gasteiger partial charge in [-0.05, 0) is 35.8 Å². The summed E-state index contributed by atoms with van der Waals surface area (Å²) in [6.07, 6.45) is 6.66. The number of aromatic nitrogens is 1. The summed E-state index contributed by atoms with van der Waals surface area (Å²) in [6.45, 7) is 13.8. The number of benzene rings is 1. The average molecular weight is 401 g/mol. The molecule has 3 rings (SSSR count). The van der Waals surface area contributed by atoms with Crippen molar-refractivity contribution in [1.82, 2.24) is 10.3 Å². The summed E-state index contributed by atoms with van der Waals surface area (Å²) in [5, 5.41) is 17.9. The molecular formula is C24H36N2OS. The first-order valence-electron chi connectivity index (χ1n) is 10.6. The van der Waals surface area contributed by atoms with E-state index < -0.39 is 0 Å². The summed E-state index contributed by atoms with van der Waals surface area (Å²) < 4.78 is 0. The lowest BCUT2D eigenvalue weighted by molar-refractivity contribution is 0.372. The van der Waals surface area contributed by atoms with Crippen LogP contribution in [0, 0.1) is 0 Å². The van der Waals surface area contributed by atoms with E-state index in [0.29, 0.717) is 11.8 Å². The standard InChI is InChI=1S/C24H36N2OS/c1-23(2,3)18-12-16(13-19(22(18)27)24(4,5)6)20-15-28-21(26-20)14-25-17-10-8-7-9-11-17/h12-13,15,17,25,27H,7-11,14H2,1-6H3. The number of hydrogen-bond donors (Lipinski definition) is 2. The Balaban J connectivity index is 1.87. The molecule has 4 heteroatoms. The molecule has 0 unspecified atom stereocenters. The van der Waals surface area contributed by atoms with Crippen molar-refractivity contribution in [2.75, 3.05) is 0 Å². The predicted octanol–water partition coefficient (Wildman–Crippen LogP) is 6.53. The number of aromatic hydroxyl groups is 1. The molecule has 28 heavy (non-hydrogen) atoms. The van der Waals surface area contributed by atoms with E-state index in [-0.39, 0.29) is 10.8 Å². The van der Waals surface area contributed by atoms with Crippen LogP contribution < -0.4 is 5.32 Å². The summed E-state index contributed by atoms with van der Waals surface area (Å²) >= 11 is 1.73. The molecule has 2 aromatic rings. The van der Waals surface area contributed by atoms with Gasteiger partial charge in [-0.25, -0.2) is 4.98 Å². The molecule has 0 atom stereocenters. The zero-order valence-electron chi connectivity index (χ0n) is 18.4. The fourth-order valence-electron chi connectivity index (χ4n) is 3.99. The van der Waals surface area contributed by atoms with E-state index in [0.717, 1.165) is 33.9 Å². The molecule has 0 aliphatic heterocycles. The minimum absolute atomic E-state index is 0.124. The maximum Gasteiger partial charge on any atom is 0.123 e. The van der Waals surface area contributed by atoms with Gasteiger partial charge in [0.2, 0.25) is 0 Å². The summed E-state index contributed by atoms with van der Waals surface area (Å²) in [4.78, 5) is 4.92. The predicted molar refractivity (Wildman–Crippen MR) is 120 cm³/mol. The lowest BCUT2D eigenvalue weighted by atomic mass is 9.78. The van der Waals surface area contributed by atoms with Crippen molar-refractivity contribution in [2.24, 2.45) is 0 Å². The monoisotopic (exact) mass is 400 g/mol. The third-order valence-electron chi connectivity index (χ3n) is 5.72. The Labute approximate surface area is 174 Å². The summed E-state index contributed by atoms with van der Waals surface area (Å²) in [5.74, 6) is 0.429. The number of nitrogens with zero attached hydrogens (tertiary/aromatic N) is 1. The van der Waals surface area contributed by atoms with E-state index in [1.165, 1.54) is 32.1 Å². The number of phenolic OH excluding ortho intramolecular Hbond substituents is 1. The van der Waals surface area contributed by atoms with Gasteiger partial charge >= 0.3 is 0 Å². The van der Waals surface area contributed by atoms with Gasteiger partial charge in [-0.1, -0.05) is 60.8 Å². The van der Waals surface area contributed by atoms with Crippen molar-refractivity contribution >= 4 is 11.3 Å². The fourth-order valence-corrected chi connectivity index (χ4v) is 4.74. The molecule has 1 aliphatic rings. The highest BCUT2D eigenvalue weighted by molar-refractivity contribution is 7.09. The maximum absolute atomic E-state index is 10.9. The van der Waals surface area contributed by atoms with E-state index in [2.05, 4.69) is 64.4 Å². The first kappa shape index (κ1) is 21.3. The molecule has 1 heterocycles. The van der Waals surface area contributed by atoms with Gasteiger partial charge in [0.25, 0.3) is 0 Å². The van der Waals surface area contributed by atoms with Crippen LogP contribution in [0.4, 0.5) is 0 Å². The van der Waals surface area contributed by atoms with E-state index in [1.807, 2.05) is 0 Å². The number of hydrogen-bond acceptors (Lipinski definition) is 4. The summed E-state index contributed by atoms with van der Waals surface area (Å²) in [5.41, 5.74) is 3.85. The largest absolute Gasteiger partial charge is 0.507 e. The fraction of sp³-hybridized carbons (Fsp3) is 0.625. The van der Waals surface area contributed by atoms with Crippen LogP contribution in [0.15, 0.2) is 17.5 Å². The molecule has 3 nitrogen and oxygen atoms in total. The molecule has 0 amide bonds. The maximum atomic E-state index is 10.9. The van der Waals surface area contributed by atoms with Gasteiger partial charge in [0, 0.05) is 34.7 Å². The zero-order valence-corrected chi connectivity index (χ0v) is 19.2. The first-order chi connectivity index (χ1) is 13.1. The van der Waals surface area contributed by atoms with Crippen molar-refractivity contribution < 1.29 is 5.11 Å². The second-order valence-electron chi connectivity index (χ2n) is 10.3. The number of phenols is 1. The highest BCUT2D eigenvalue weighted by Gasteiger charge is 2.27. The highest BCUT2D eigenvalue weighted by Crippen LogP contribution is 2.42. The SMILES string of the molecule is CC(C)(C)c1cc(-c2csc(CNC3CCCCC3)n2)cc(C(C)(C)C)c1O. The Hall–Kier alpha value is -1.39. The topological polar surface area (TPSA) is 45.2 Å². The van der Waals surface area contributed by atoms with Gasteiger partial charge in [-0.15, -0.1) is 11.3 Å². The van der Waals surface area contributed by atoms with Gasteiger partial charge in [0.15, 0.2) is 0 Å². The van der Waals surface area contributed by atoms with E-state index in [9.17, 15) is 5.11 Å². The third-order valence-corrected chi connectivity index (χ3v) is 6.57. The van der Waals surface area contributed by atoms with Crippen LogP contribution >= 0.6 is 11.3 Å². The van der Waals surface area contributed by atoms with Crippen LogP contribution in [0.3, 0.4) is 0 Å². The number of nitrogens with one attached hydrogen (secondary N) is 1. The summed E-state index contributed by atoms with van der Waals surface area (Å²) in [7, 11) is 0. The van der Waals surface area contributed by atoms with Crippen molar-refractivity contribution in [2.45, 2.75) is 97.1 Å². The summed E-state index contributed by atoms with van der Waals surface area (Å²) in [6, 6.07) is 4.89.